The summed E-state index contributed by atoms with van der Waals surface area (Å²) in [7, 11) is -3.49. The monoisotopic (exact) mass is 371 g/mol. The minimum Gasteiger partial charge on any atom is -0.459 e. The van der Waals surface area contributed by atoms with Crippen LogP contribution < -0.4 is 10.0 Å². The Hall–Kier alpha value is -2.38. The number of hydrogen-bond donors (Lipinski definition) is 2. The van der Waals surface area contributed by atoms with Crippen molar-refractivity contribution in [1.82, 2.24) is 9.71 Å². The maximum Gasteiger partial charge on any atom is 0.242 e. The number of sulfonamides is 1. The minimum absolute atomic E-state index is 0.0923. The number of furan rings is 1. The number of para-hydroxylation sites is 1. The number of pyridine rings is 1. The second-order valence-corrected chi connectivity index (χ2v) is 8.49. The summed E-state index contributed by atoms with van der Waals surface area (Å²) in [4.78, 5) is 4.42. The first-order chi connectivity index (χ1) is 12.5. The first-order valence-electron chi connectivity index (χ1n) is 8.72. The number of aromatic nitrogens is 1. The molecule has 0 unspecified atom stereocenters. The van der Waals surface area contributed by atoms with Crippen LogP contribution in [0.3, 0.4) is 0 Å². The summed E-state index contributed by atoms with van der Waals surface area (Å²) in [5.41, 5.74) is 0.840. The maximum atomic E-state index is 12.2. The van der Waals surface area contributed by atoms with Crippen molar-refractivity contribution in [1.29, 1.82) is 0 Å². The van der Waals surface area contributed by atoms with E-state index in [4.69, 9.17) is 4.42 Å². The summed E-state index contributed by atoms with van der Waals surface area (Å²) in [5.74, 6) is 1.89. The molecule has 2 heterocycles. The molecule has 1 saturated carbocycles. The number of fused-ring (bicyclic) bond motifs is 1. The number of rotatable bonds is 7. The van der Waals surface area contributed by atoms with Crippen molar-refractivity contribution in [3.05, 3.63) is 54.4 Å². The van der Waals surface area contributed by atoms with Gasteiger partial charge in [-0.3, -0.25) is 0 Å². The highest BCUT2D eigenvalue weighted by Crippen LogP contribution is 2.28. The molecule has 136 valence electrons. The molecule has 7 heteroatoms. The van der Waals surface area contributed by atoms with Crippen LogP contribution in [0.15, 0.2) is 58.0 Å². The summed E-state index contributed by atoms with van der Waals surface area (Å²) in [6.45, 7) is 2.48. The van der Waals surface area contributed by atoms with Crippen LogP contribution in [0.1, 0.15) is 31.6 Å². The zero-order valence-corrected chi connectivity index (χ0v) is 15.3. The predicted molar refractivity (Wildman–Crippen MR) is 100 cm³/mol. The van der Waals surface area contributed by atoms with Crippen molar-refractivity contribution < 1.29 is 12.8 Å². The highest BCUT2D eigenvalue weighted by Gasteiger charge is 2.24. The van der Waals surface area contributed by atoms with Gasteiger partial charge in [0.1, 0.15) is 22.1 Å². The first kappa shape index (κ1) is 17.1. The van der Waals surface area contributed by atoms with Gasteiger partial charge >= 0.3 is 0 Å². The molecule has 1 aliphatic carbocycles. The van der Waals surface area contributed by atoms with E-state index in [0.717, 1.165) is 29.6 Å². The third-order valence-corrected chi connectivity index (χ3v) is 5.95. The summed E-state index contributed by atoms with van der Waals surface area (Å²) in [6, 6.07) is 13.0. The fourth-order valence-corrected chi connectivity index (χ4v) is 3.83. The van der Waals surface area contributed by atoms with Gasteiger partial charge in [0.15, 0.2) is 0 Å². The molecular formula is C19H21N3O3S. The molecule has 4 rings (SSSR count). The number of anilines is 1. The van der Waals surface area contributed by atoms with Crippen LogP contribution in [-0.4, -0.2) is 19.9 Å². The molecule has 6 nitrogen and oxygen atoms in total. The standard InChI is InChI=1S/C19H21N3O3S/c1-13(18-10-15-4-2-3-5-17(15)25-18)22-19-9-8-16(12-20-19)26(23,24)21-11-14-6-7-14/h2-5,8-10,12-14,21H,6-7,11H2,1H3,(H,20,22)/t13-/m1/s1. The van der Waals surface area contributed by atoms with Gasteiger partial charge in [-0.2, -0.15) is 0 Å². The Labute approximate surface area is 152 Å². The minimum atomic E-state index is -3.49. The molecule has 26 heavy (non-hydrogen) atoms. The van der Waals surface area contributed by atoms with Crippen molar-refractivity contribution in [2.45, 2.75) is 30.7 Å². The van der Waals surface area contributed by atoms with E-state index in [2.05, 4.69) is 15.0 Å². The lowest BCUT2D eigenvalue weighted by atomic mass is 10.2. The quantitative estimate of drug-likeness (QED) is 0.662. The molecule has 0 saturated heterocycles. The lowest BCUT2D eigenvalue weighted by Crippen LogP contribution is -2.26. The summed E-state index contributed by atoms with van der Waals surface area (Å²) in [5, 5.41) is 4.29. The largest absolute Gasteiger partial charge is 0.459 e. The number of hydrogen-bond acceptors (Lipinski definition) is 5. The zero-order valence-electron chi connectivity index (χ0n) is 14.5. The van der Waals surface area contributed by atoms with E-state index in [1.54, 1.807) is 12.1 Å². The van der Waals surface area contributed by atoms with E-state index in [9.17, 15) is 8.42 Å². The predicted octanol–water partition coefficient (Wildman–Crippen LogP) is 3.69. The van der Waals surface area contributed by atoms with Gasteiger partial charge in [-0.1, -0.05) is 18.2 Å². The third kappa shape index (κ3) is 3.73. The zero-order chi connectivity index (χ0) is 18.1. The van der Waals surface area contributed by atoms with Crippen LogP contribution >= 0.6 is 0 Å². The Morgan fingerprint density at radius 2 is 2.04 bits per heavy atom. The van der Waals surface area contributed by atoms with Crippen LogP contribution in [0.2, 0.25) is 0 Å². The Balaban J connectivity index is 1.44. The number of nitrogens with zero attached hydrogens (tertiary/aromatic N) is 1. The summed E-state index contributed by atoms with van der Waals surface area (Å²) in [6.07, 6.45) is 3.58. The number of nitrogens with one attached hydrogen (secondary N) is 2. The lowest BCUT2D eigenvalue weighted by Gasteiger charge is -2.12. The fraction of sp³-hybridized carbons (Fsp3) is 0.316. The normalized spacial score (nSPS) is 15.9. The summed E-state index contributed by atoms with van der Waals surface area (Å²) < 4.78 is 32.9. The average molecular weight is 371 g/mol. The van der Waals surface area contributed by atoms with Gasteiger partial charge in [0.05, 0.1) is 6.04 Å². The van der Waals surface area contributed by atoms with Gasteiger partial charge in [0.2, 0.25) is 10.0 Å². The average Bonchev–Trinajstić information content (AvgIpc) is 3.37. The van der Waals surface area contributed by atoms with Gasteiger partial charge in [-0.25, -0.2) is 18.1 Å². The van der Waals surface area contributed by atoms with Crippen molar-refractivity contribution in [2.24, 2.45) is 5.92 Å². The third-order valence-electron chi connectivity index (χ3n) is 4.54. The Bertz CT molecular complexity index is 975. The van der Waals surface area contributed by atoms with Crippen LogP contribution in [-0.2, 0) is 10.0 Å². The molecule has 1 aliphatic rings. The molecule has 0 radical (unpaired) electrons. The fourth-order valence-electron chi connectivity index (χ4n) is 2.77. The SMILES string of the molecule is C[C@@H](Nc1ccc(S(=O)(=O)NCC2CC2)cn1)c1cc2ccccc2o1. The van der Waals surface area contributed by atoms with Crippen LogP contribution in [0, 0.1) is 5.92 Å². The molecule has 1 aromatic carbocycles. The maximum absolute atomic E-state index is 12.2. The molecule has 3 aromatic rings. The molecule has 0 aliphatic heterocycles. The molecule has 1 fully saturated rings. The van der Waals surface area contributed by atoms with Gasteiger partial charge in [0, 0.05) is 18.1 Å². The molecule has 2 N–H and O–H groups in total. The Morgan fingerprint density at radius 1 is 1.23 bits per heavy atom. The molecular weight excluding hydrogens is 350 g/mol. The second kappa shape index (κ2) is 6.74. The molecule has 2 aromatic heterocycles. The smallest absolute Gasteiger partial charge is 0.242 e. The van der Waals surface area contributed by atoms with Crippen molar-refractivity contribution in [3.8, 4) is 0 Å². The number of benzene rings is 1. The van der Waals surface area contributed by atoms with E-state index < -0.39 is 10.0 Å². The second-order valence-electron chi connectivity index (χ2n) is 6.73. The van der Waals surface area contributed by atoms with Crippen molar-refractivity contribution >= 4 is 26.8 Å². The van der Waals surface area contributed by atoms with Crippen LogP contribution in [0.4, 0.5) is 5.82 Å². The highest BCUT2D eigenvalue weighted by atomic mass is 32.2. The van der Waals surface area contributed by atoms with Crippen molar-refractivity contribution in [3.63, 3.8) is 0 Å². The molecule has 0 spiro atoms. The van der Waals surface area contributed by atoms with E-state index in [-0.39, 0.29) is 10.9 Å². The van der Waals surface area contributed by atoms with Crippen LogP contribution in [0.5, 0.6) is 0 Å². The van der Waals surface area contributed by atoms with Gasteiger partial charge < -0.3 is 9.73 Å². The topological polar surface area (TPSA) is 84.2 Å². The Kier molecular flexibility index (Phi) is 4.42. The van der Waals surface area contributed by atoms with Gasteiger partial charge in [0.25, 0.3) is 0 Å². The van der Waals surface area contributed by atoms with Gasteiger partial charge in [-0.15, -0.1) is 0 Å². The Morgan fingerprint density at radius 3 is 2.73 bits per heavy atom. The molecule has 0 amide bonds. The van der Waals surface area contributed by atoms with Gasteiger partial charge in [-0.05, 0) is 49.9 Å². The highest BCUT2D eigenvalue weighted by molar-refractivity contribution is 7.89. The van der Waals surface area contributed by atoms with E-state index in [0.29, 0.717) is 18.3 Å². The lowest BCUT2D eigenvalue weighted by molar-refractivity contribution is 0.525. The van der Waals surface area contributed by atoms with E-state index in [1.807, 2.05) is 37.3 Å². The van der Waals surface area contributed by atoms with Crippen molar-refractivity contribution in [2.75, 3.05) is 11.9 Å². The molecule has 1 atom stereocenters. The van der Waals surface area contributed by atoms with E-state index in [1.165, 1.54) is 6.20 Å². The molecule has 0 bridgehead atoms. The van der Waals surface area contributed by atoms with Crippen LogP contribution in [0.25, 0.3) is 11.0 Å². The van der Waals surface area contributed by atoms with E-state index >= 15 is 0 Å². The summed E-state index contributed by atoms with van der Waals surface area (Å²) >= 11 is 0. The first-order valence-corrected chi connectivity index (χ1v) is 10.2.